The number of nitro groups is 1. The van der Waals surface area contributed by atoms with Crippen molar-refractivity contribution < 1.29 is 9.66 Å². The van der Waals surface area contributed by atoms with E-state index in [4.69, 9.17) is 0 Å². The lowest BCUT2D eigenvalue weighted by Gasteiger charge is -1.91. The molecule has 0 aromatic heterocycles. The second-order valence-electron chi connectivity index (χ2n) is 1.46. The second kappa shape index (κ2) is 2.77. The van der Waals surface area contributed by atoms with Gasteiger partial charge in [0.2, 0.25) is 0 Å². The molecule has 0 saturated heterocycles. The van der Waals surface area contributed by atoms with Crippen LogP contribution in [0.2, 0.25) is 0 Å². The van der Waals surface area contributed by atoms with Crippen molar-refractivity contribution in [3.8, 4) is 0 Å². The Balaban J connectivity index is 2.78. The summed E-state index contributed by atoms with van der Waals surface area (Å²) >= 11 is 0. The summed E-state index contributed by atoms with van der Waals surface area (Å²) in [5.41, 5.74) is 0. The quantitative estimate of drug-likeness (QED) is 0.367. The number of rotatable bonds is 0. The monoisotopic (exact) mass is 140 g/mol. The highest BCUT2D eigenvalue weighted by Crippen LogP contribution is 1.93. The minimum atomic E-state index is -0.694. The minimum Gasteiger partial charge on any atom is -0.394 e. The van der Waals surface area contributed by atoms with E-state index in [1.165, 1.54) is 24.6 Å². The second-order valence-corrected chi connectivity index (χ2v) is 1.46. The lowest BCUT2D eigenvalue weighted by Crippen LogP contribution is -2.11. The number of hydrogen-bond donors (Lipinski definition) is 0. The van der Waals surface area contributed by atoms with Crippen LogP contribution in [0.4, 0.5) is 0 Å². The van der Waals surface area contributed by atoms with Gasteiger partial charge in [-0.1, -0.05) is 0 Å². The van der Waals surface area contributed by atoms with Crippen LogP contribution in [0.15, 0.2) is 29.6 Å². The first-order valence-corrected chi connectivity index (χ1v) is 2.51. The van der Waals surface area contributed by atoms with E-state index < -0.39 is 10.9 Å². The molecule has 1 aliphatic heterocycles. The third-order valence-electron chi connectivity index (χ3n) is 0.790. The van der Waals surface area contributed by atoms with Crippen molar-refractivity contribution in [3.05, 3.63) is 34.7 Å². The van der Waals surface area contributed by atoms with Gasteiger partial charge >= 0.3 is 6.02 Å². The molecule has 0 amide bonds. The van der Waals surface area contributed by atoms with Gasteiger partial charge < -0.3 is 14.9 Å². The van der Waals surface area contributed by atoms with E-state index in [1.54, 1.807) is 0 Å². The van der Waals surface area contributed by atoms with Gasteiger partial charge in [0, 0.05) is 4.92 Å². The van der Waals surface area contributed by atoms with E-state index in [1.807, 2.05) is 0 Å². The maximum atomic E-state index is 9.99. The van der Waals surface area contributed by atoms with Crippen LogP contribution in [0.1, 0.15) is 0 Å². The van der Waals surface area contributed by atoms with Gasteiger partial charge in [-0.25, -0.2) is 0 Å². The zero-order valence-electron chi connectivity index (χ0n) is 4.93. The highest BCUT2D eigenvalue weighted by atomic mass is 16.7. The van der Waals surface area contributed by atoms with Crippen LogP contribution in [0.25, 0.3) is 0 Å². The zero-order valence-corrected chi connectivity index (χ0v) is 4.93. The summed E-state index contributed by atoms with van der Waals surface area (Å²) < 4.78 is 4.47. The molecular formula is C5H4N2O3. The maximum absolute atomic E-state index is 9.99. The van der Waals surface area contributed by atoms with Crippen molar-refractivity contribution in [1.29, 1.82) is 0 Å². The first-order chi connectivity index (χ1) is 4.80. The van der Waals surface area contributed by atoms with E-state index >= 15 is 0 Å². The molecule has 1 aliphatic rings. The molecule has 5 heteroatoms. The highest BCUT2D eigenvalue weighted by Gasteiger charge is 2.11. The first-order valence-electron chi connectivity index (χ1n) is 2.51. The molecule has 5 nitrogen and oxygen atoms in total. The minimum absolute atomic E-state index is 0.509. The Kier molecular flexibility index (Phi) is 1.79. The Morgan fingerprint density at radius 2 is 2.40 bits per heavy atom. The predicted octanol–water partition coefficient (Wildman–Crippen LogP) is 0.677. The molecule has 0 aromatic rings. The van der Waals surface area contributed by atoms with Gasteiger partial charge in [-0.2, -0.15) is 0 Å². The van der Waals surface area contributed by atoms with Crippen LogP contribution in [0, 0.1) is 10.1 Å². The number of amidine groups is 1. The predicted molar refractivity (Wildman–Crippen MR) is 33.8 cm³/mol. The molecular weight excluding hydrogens is 136 g/mol. The molecule has 0 aliphatic carbocycles. The molecule has 0 atom stereocenters. The molecule has 1 heterocycles. The van der Waals surface area contributed by atoms with Gasteiger partial charge in [-0.15, -0.1) is 0 Å². The number of allylic oxidation sites excluding steroid dienone is 2. The van der Waals surface area contributed by atoms with Crippen LogP contribution >= 0.6 is 0 Å². The summed E-state index contributed by atoms with van der Waals surface area (Å²) in [6, 6.07) is -0.509. The number of nitrogens with zero attached hydrogens (tertiary/aromatic N) is 2. The van der Waals surface area contributed by atoms with E-state index in [9.17, 15) is 10.1 Å². The van der Waals surface area contributed by atoms with Crippen molar-refractivity contribution in [1.82, 2.24) is 0 Å². The molecule has 1 rings (SSSR count). The van der Waals surface area contributed by atoms with Gasteiger partial charge in [0.05, 0.1) is 6.26 Å². The number of aliphatic imine (C=N–C) groups is 1. The maximum Gasteiger partial charge on any atom is 0.545 e. The third kappa shape index (κ3) is 1.41. The molecule has 0 aromatic carbocycles. The summed E-state index contributed by atoms with van der Waals surface area (Å²) in [7, 11) is 0. The molecule has 52 valence electrons. The average Bonchev–Trinajstić information content (AvgIpc) is 2.12. The SMILES string of the molecule is O=[N+]([O-])C1=NC=CC=CO1. The van der Waals surface area contributed by atoms with Crippen molar-refractivity contribution in [2.45, 2.75) is 0 Å². The fraction of sp³-hybridized carbons (Fsp3) is 0. The van der Waals surface area contributed by atoms with Crippen LogP contribution < -0.4 is 0 Å². The number of hydrogen-bond acceptors (Lipinski definition) is 4. The van der Waals surface area contributed by atoms with Gasteiger partial charge in [-0.3, -0.25) is 0 Å². The molecule has 0 bridgehead atoms. The van der Waals surface area contributed by atoms with E-state index in [-0.39, 0.29) is 0 Å². The summed E-state index contributed by atoms with van der Waals surface area (Å²) in [4.78, 5) is 12.7. The standard InChI is InChI=1S/C5H4N2O3/c8-7(9)5-6-3-1-2-4-10-5/h1-4H. The van der Waals surface area contributed by atoms with Crippen LogP contribution in [0.5, 0.6) is 0 Å². The van der Waals surface area contributed by atoms with E-state index in [0.717, 1.165) is 0 Å². The Morgan fingerprint density at radius 1 is 1.60 bits per heavy atom. The fourth-order valence-corrected chi connectivity index (χ4v) is 0.423. The first kappa shape index (κ1) is 6.47. The van der Waals surface area contributed by atoms with E-state index in [0.29, 0.717) is 0 Å². The Labute approximate surface area is 56.5 Å². The summed E-state index contributed by atoms with van der Waals surface area (Å²) in [5, 5.41) is 9.99. The zero-order chi connectivity index (χ0) is 7.40. The normalized spacial score (nSPS) is 15.4. The van der Waals surface area contributed by atoms with Gasteiger partial charge in [0.1, 0.15) is 6.20 Å². The van der Waals surface area contributed by atoms with Crippen molar-refractivity contribution in [3.63, 3.8) is 0 Å². The van der Waals surface area contributed by atoms with Gasteiger partial charge in [-0.05, 0) is 17.1 Å². The topological polar surface area (TPSA) is 64.7 Å². The van der Waals surface area contributed by atoms with Crippen molar-refractivity contribution in [2.24, 2.45) is 4.99 Å². The lowest BCUT2D eigenvalue weighted by molar-refractivity contribution is -0.371. The smallest absolute Gasteiger partial charge is 0.394 e. The van der Waals surface area contributed by atoms with Crippen LogP contribution in [0.3, 0.4) is 0 Å². The Bertz CT molecular complexity index is 229. The largest absolute Gasteiger partial charge is 0.545 e. The third-order valence-corrected chi connectivity index (χ3v) is 0.790. The fourth-order valence-electron chi connectivity index (χ4n) is 0.423. The summed E-state index contributed by atoms with van der Waals surface area (Å²) in [5.74, 6) is 0. The molecule has 10 heavy (non-hydrogen) atoms. The molecule has 0 spiro atoms. The van der Waals surface area contributed by atoms with E-state index in [2.05, 4.69) is 9.73 Å². The Morgan fingerprint density at radius 3 is 3.10 bits per heavy atom. The number of ether oxygens (including phenoxy) is 1. The van der Waals surface area contributed by atoms with Gasteiger partial charge in [0.25, 0.3) is 0 Å². The summed E-state index contributed by atoms with van der Waals surface area (Å²) in [6.45, 7) is 0. The lowest BCUT2D eigenvalue weighted by atomic mass is 10.6. The van der Waals surface area contributed by atoms with Crippen molar-refractivity contribution in [2.75, 3.05) is 0 Å². The van der Waals surface area contributed by atoms with Crippen LogP contribution in [-0.2, 0) is 4.74 Å². The molecule has 0 radical (unpaired) electrons. The molecule has 0 saturated carbocycles. The molecule has 0 fully saturated rings. The average molecular weight is 140 g/mol. The van der Waals surface area contributed by atoms with Gasteiger partial charge in [0.15, 0.2) is 0 Å². The molecule has 0 N–H and O–H groups in total. The highest BCUT2D eigenvalue weighted by molar-refractivity contribution is 5.66. The molecule has 0 unspecified atom stereocenters. The van der Waals surface area contributed by atoms with Crippen LogP contribution in [-0.4, -0.2) is 10.9 Å². The van der Waals surface area contributed by atoms with Crippen molar-refractivity contribution >= 4 is 6.02 Å². The Hall–Kier alpha value is -1.65. The summed E-state index contributed by atoms with van der Waals surface area (Å²) in [6.07, 6.45) is 5.54.